The fraction of sp³-hybridized carbons (Fsp3) is 0.500. The van der Waals surface area contributed by atoms with Crippen LogP contribution in [0.15, 0.2) is 5.38 Å². The maximum Gasteiger partial charge on any atom is 0.266 e. The second kappa shape index (κ2) is 4.47. The number of nitrogens with two attached hydrogens (primary N) is 1. The monoisotopic (exact) mass is 254 g/mol. The second-order valence-corrected chi connectivity index (χ2v) is 6.01. The lowest BCUT2D eigenvalue weighted by atomic mass is 10.4. The Balaban J connectivity index is 2.83. The molecule has 1 heterocycles. The van der Waals surface area contributed by atoms with Crippen LogP contribution in [-0.4, -0.2) is 30.0 Å². The van der Waals surface area contributed by atoms with Gasteiger partial charge in [0, 0.05) is 5.38 Å². The average molecular weight is 254 g/mol. The van der Waals surface area contributed by atoms with Gasteiger partial charge < -0.3 is 5.73 Å². The molecule has 8 heteroatoms. The quantitative estimate of drug-likeness (QED) is 0.779. The molecular weight excluding hydrogens is 244 g/mol. The topological polar surface area (TPSA) is 93.3 Å². The van der Waals surface area contributed by atoms with Crippen molar-refractivity contribution in [3.8, 4) is 0 Å². The van der Waals surface area contributed by atoms with Gasteiger partial charge in [0.05, 0.1) is 16.7 Å². The fourth-order valence-electron chi connectivity index (χ4n) is 0.914. The Morgan fingerprint density at radius 3 is 2.79 bits per heavy atom. The zero-order valence-corrected chi connectivity index (χ0v) is 9.82. The molecule has 1 rings (SSSR count). The van der Waals surface area contributed by atoms with Crippen molar-refractivity contribution in [2.45, 2.75) is 5.25 Å². The maximum atomic E-state index is 10.7. The Kier molecular flexibility index (Phi) is 3.76. The van der Waals surface area contributed by atoms with Gasteiger partial charge >= 0.3 is 0 Å². The molecule has 0 radical (unpaired) electrons. The van der Waals surface area contributed by atoms with Crippen molar-refractivity contribution in [2.75, 3.05) is 17.7 Å². The summed E-state index contributed by atoms with van der Waals surface area (Å²) in [5, 5.41) is 1.73. The molecule has 1 atom stereocenters. The summed E-state index contributed by atoms with van der Waals surface area (Å²) in [6.07, 6.45) is 1.76. The third kappa shape index (κ3) is 3.45. The van der Waals surface area contributed by atoms with E-state index in [1.165, 1.54) is 23.1 Å². The second-order valence-electron chi connectivity index (χ2n) is 2.58. The fourth-order valence-corrected chi connectivity index (χ4v) is 3.59. The van der Waals surface area contributed by atoms with Crippen LogP contribution < -0.4 is 5.73 Å². The molecule has 80 valence electrons. The molecule has 0 aromatic carbocycles. The minimum atomic E-state index is -3.97. The number of rotatable bonds is 4. The molecule has 0 aliphatic carbocycles. The zero-order valence-electron chi connectivity index (χ0n) is 7.37. The molecule has 5 nitrogen and oxygen atoms in total. The molecule has 14 heavy (non-hydrogen) atoms. The highest BCUT2D eigenvalue weighted by Gasteiger charge is 2.20. The minimum absolute atomic E-state index is 0.336. The van der Waals surface area contributed by atoms with E-state index in [0.717, 1.165) is 0 Å². The van der Waals surface area contributed by atoms with E-state index in [0.29, 0.717) is 10.8 Å². The van der Waals surface area contributed by atoms with Crippen molar-refractivity contribution < 1.29 is 13.0 Å². The van der Waals surface area contributed by atoms with E-state index in [-0.39, 0.29) is 11.0 Å². The van der Waals surface area contributed by atoms with Crippen LogP contribution in [0.3, 0.4) is 0 Å². The van der Waals surface area contributed by atoms with Gasteiger partial charge in [-0.1, -0.05) is 0 Å². The van der Waals surface area contributed by atoms with Crippen LogP contribution in [0, 0.1) is 0 Å². The molecule has 1 aromatic heterocycles. The van der Waals surface area contributed by atoms with E-state index < -0.39 is 10.1 Å². The van der Waals surface area contributed by atoms with Crippen LogP contribution in [0.5, 0.6) is 0 Å². The first-order valence-electron chi connectivity index (χ1n) is 3.61. The van der Waals surface area contributed by atoms with Crippen molar-refractivity contribution in [3.05, 3.63) is 11.1 Å². The number of thioether (sulfide) groups is 1. The van der Waals surface area contributed by atoms with E-state index in [2.05, 4.69) is 4.98 Å². The molecule has 0 saturated heterocycles. The molecule has 0 aliphatic rings. The lowest BCUT2D eigenvalue weighted by Crippen LogP contribution is -2.11. The van der Waals surface area contributed by atoms with Crippen molar-refractivity contribution in [1.82, 2.24) is 4.98 Å². The Morgan fingerprint density at radius 2 is 2.43 bits per heavy atom. The minimum Gasteiger partial charge on any atom is -0.375 e. The molecule has 0 fully saturated rings. The summed E-state index contributed by atoms with van der Waals surface area (Å²) in [4.78, 5) is 3.97. The Morgan fingerprint density at radius 1 is 1.79 bits per heavy atom. The maximum absolute atomic E-state index is 10.7. The lowest BCUT2D eigenvalue weighted by Gasteiger charge is -2.08. The molecule has 1 aromatic rings. The van der Waals surface area contributed by atoms with E-state index >= 15 is 0 Å². The highest BCUT2D eigenvalue weighted by Crippen LogP contribution is 2.29. The highest BCUT2D eigenvalue weighted by atomic mass is 32.2. The summed E-state index contributed by atoms with van der Waals surface area (Å²) < 4.78 is 30.0. The van der Waals surface area contributed by atoms with Gasteiger partial charge in [0.2, 0.25) is 0 Å². The first kappa shape index (κ1) is 11.8. The predicted octanol–water partition coefficient (Wildman–Crippen LogP) is 1.02. The van der Waals surface area contributed by atoms with Gasteiger partial charge in [-0.25, -0.2) is 4.98 Å². The Hall–Kier alpha value is -0.310. The lowest BCUT2D eigenvalue weighted by molar-refractivity contribution is 0.482. The van der Waals surface area contributed by atoms with Crippen LogP contribution in [0.25, 0.3) is 0 Å². The SMILES string of the molecule is CSC(CS(=O)(=O)O)c1csc(N)n1. The van der Waals surface area contributed by atoms with Crippen molar-refractivity contribution in [2.24, 2.45) is 0 Å². The predicted molar refractivity (Wildman–Crippen MR) is 59.2 cm³/mol. The zero-order chi connectivity index (χ0) is 10.8. The van der Waals surface area contributed by atoms with Crippen LogP contribution in [0.2, 0.25) is 0 Å². The van der Waals surface area contributed by atoms with Crippen molar-refractivity contribution >= 4 is 38.3 Å². The Bertz CT molecular complexity index is 400. The smallest absolute Gasteiger partial charge is 0.266 e. The van der Waals surface area contributed by atoms with Gasteiger partial charge in [0.25, 0.3) is 10.1 Å². The number of anilines is 1. The van der Waals surface area contributed by atoms with Crippen molar-refractivity contribution in [1.29, 1.82) is 0 Å². The summed E-state index contributed by atoms with van der Waals surface area (Å²) in [5.41, 5.74) is 6.02. The van der Waals surface area contributed by atoms with Crippen molar-refractivity contribution in [3.63, 3.8) is 0 Å². The van der Waals surface area contributed by atoms with Gasteiger partial charge in [-0.3, -0.25) is 4.55 Å². The first-order valence-corrected chi connectivity index (χ1v) is 7.39. The number of hydrogen-bond donors (Lipinski definition) is 2. The number of nitrogens with zero attached hydrogens (tertiary/aromatic N) is 1. The number of nitrogen functional groups attached to an aromatic ring is 1. The van der Waals surface area contributed by atoms with Gasteiger partial charge in [0.15, 0.2) is 5.13 Å². The molecule has 0 amide bonds. The summed E-state index contributed by atoms with van der Waals surface area (Å²) in [7, 11) is -3.97. The average Bonchev–Trinajstić information content (AvgIpc) is 2.46. The van der Waals surface area contributed by atoms with Crippen LogP contribution in [-0.2, 0) is 10.1 Å². The van der Waals surface area contributed by atoms with E-state index in [9.17, 15) is 8.42 Å². The third-order valence-electron chi connectivity index (χ3n) is 1.52. The number of thiazole rings is 1. The highest BCUT2D eigenvalue weighted by molar-refractivity contribution is 7.99. The van der Waals surface area contributed by atoms with Gasteiger partial charge in [-0.05, 0) is 6.26 Å². The molecule has 0 aliphatic heterocycles. The number of aromatic nitrogens is 1. The summed E-state index contributed by atoms with van der Waals surface area (Å²) in [5.74, 6) is -0.336. The van der Waals surface area contributed by atoms with Gasteiger partial charge in [-0.2, -0.15) is 20.2 Å². The van der Waals surface area contributed by atoms with E-state index in [4.69, 9.17) is 10.3 Å². The van der Waals surface area contributed by atoms with Crippen LogP contribution in [0.4, 0.5) is 5.13 Å². The summed E-state index contributed by atoms with van der Waals surface area (Å²) in [6.45, 7) is 0. The molecule has 0 bridgehead atoms. The first-order chi connectivity index (χ1) is 6.42. The van der Waals surface area contributed by atoms with E-state index in [1.807, 2.05) is 0 Å². The third-order valence-corrected chi connectivity index (χ3v) is 4.15. The molecular formula is C6H10N2O3S3. The van der Waals surface area contributed by atoms with Gasteiger partial charge in [-0.15, -0.1) is 11.3 Å². The molecule has 0 spiro atoms. The number of hydrogen-bond acceptors (Lipinski definition) is 6. The standard InChI is InChI=1S/C6H10N2O3S3/c1-12-5(3-14(9,10)11)4-2-13-6(7)8-4/h2,5H,3H2,1H3,(H2,7,8)(H,9,10,11). The molecule has 3 N–H and O–H groups in total. The van der Waals surface area contributed by atoms with Crippen LogP contribution >= 0.6 is 23.1 Å². The van der Waals surface area contributed by atoms with Crippen LogP contribution in [0.1, 0.15) is 10.9 Å². The van der Waals surface area contributed by atoms with Gasteiger partial charge in [0.1, 0.15) is 0 Å². The summed E-state index contributed by atoms with van der Waals surface area (Å²) in [6, 6.07) is 0. The largest absolute Gasteiger partial charge is 0.375 e. The Labute approximate surface area is 90.5 Å². The normalized spacial score (nSPS) is 14.1. The summed E-state index contributed by atoms with van der Waals surface area (Å²) >= 11 is 2.56. The molecule has 1 unspecified atom stereocenters. The van der Waals surface area contributed by atoms with E-state index in [1.54, 1.807) is 11.6 Å². The molecule has 0 saturated carbocycles.